The van der Waals surface area contributed by atoms with Gasteiger partial charge in [-0.15, -0.1) is 45.0 Å². The molecule has 0 aromatic heterocycles. The molecule has 0 spiro atoms. The summed E-state index contributed by atoms with van der Waals surface area (Å²) in [5.74, 6) is -6.18. The van der Waals surface area contributed by atoms with Crippen LogP contribution in [0.4, 0.5) is 0 Å². The first kappa shape index (κ1) is 167. The SMILES string of the molecule is C=C.C=C(C)C(=O)O.C=C(C)C(=O)OCCOP(=O)(O)O.C=C(CC(=O)CCCC)C(=O)O.C=C(CC(C)=O)C(=O)O.C=C(CC)C(=O)O.C=C(CC)C(=O)O.C=C(CC)C(=O)O.C=CC(=O)NC(C)(C)C.C=CCC.C=CP(=O)(O)O.C=Cc1ccccc1.CC[N+](CC)(CC)CC.CC[NH+](CC)CC.O=C=O.O=C=O.O=C=O.O=C=O.O=C=O.O=S(=O)=O.O=S(=O)=O. The van der Waals surface area contributed by atoms with E-state index in [-0.39, 0.29) is 119 Å². The maximum Gasteiger partial charge on any atom is 0.469 e. The molecule has 0 fully saturated rings. The number of ketones is 2. The van der Waals surface area contributed by atoms with E-state index in [1.165, 1.54) is 82.7 Å². The molecule has 47 heteroatoms. The van der Waals surface area contributed by atoms with Crippen LogP contribution in [0.5, 0.6) is 0 Å². The number of Topliss-reactive ketones (excluding diaryl/α,β-unsaturated/α-hetero) is 2. The predicted octanol–water partition coefficient (Wildman–Crippen LogP) is 9.35. The van der Waals surface area contributed by atoms with Crippen LogP contribution in [0.1, 0.15) is 188 Å². The van der Waals surface area contributed by atoms with Crippen molar-refractivity contribution in [1.29, 1.82) is 0 Å². The van der Waals surface area contributed by atoms with E-state index in [0.29, 0.717) is 31.5 Å². The maximum absolute atomic E-state index is 11.0. The molecule has 129 heavy (non-hydrogen) atoms. The number of amides is 1. The van der Waals surface area contributed by atoms with E-state index in [4.69, 9.17) is 123 Å². The first-order valence-electron chi connectivity index (χ1n) is 36.7. The number of nitrogens with one attached hydrogen (secondary N) is 2. The molecule has 0 aliphatic heterocycles. The van der Waals surface area contributed by atoms with Crippen LogP contribution in [0.2, 0.25) is 0 Å². The maximum atomic E-state index is 11.0. The smallest absolute Gasteiger partial charge is 0.469 e. The molecule has 0 radical (unpaired) electrons. The van der Waals surface area contributed by atoms with Crippen molar-refractivity contribution in [2.24, 2.45) is 0 Å². The fraction of sp³-hybridized carbons (Fsp3) is 0.451. The quantitative estimate of drug-likeness (QED) is 0.00797. The topological polar surface area (TPSA) is 715 Å². The van der Waals surface area contributed by atoms with Gasteiger partial charge in [0, 0.05) is 69.6 Å². The van der Waals surface area contributed by atoms with E-state index in [0.717, 1.165) is 19.3 Å². The van der Waals surface area contributed by atoms with Crippen LogP contribution in [-0.4, -0.2) is 235 Å². The van der Waals surface area contributed by atoms with Gasteiger partial charge in [0.1, 0.15) is 18.2 Å². The first-order valence-corrected chi connectivity index (χ1v) is 41.9. The van der Waals surface area contributed by atoms with E-state index in [1.807, 2.05) is 70.2 Å². The predicted molar refractivity (Wildman–Crippen MR) is 473 cm³/mol. The van der Waals surface area contributed by atoms with Crippen molar-refractivity contribution in [3.8, 4) is 0 Å². The highest BCUT2D eigenvalue weighted by Crippen LogP contribution is 2.35. The fourth-order valence-corrected chi connectivity index (χ4v) is 5.43. The number of phosphoric acid groups is 1. The second-order valence-electron chi connectivity index (χ2n) is 22.9. The number of carboxylic acid groups (broad SMARTS) is 6. The Hall–Kier alpha value is -12.5. The lowest BCUT2D eigenvalue weighted by molar-refractivity contribution is -0.921. The Balaban J connectivity index is -0.0000000546. The van der Waals surface area contributed by atoms with Crippen LogP contribution in [-0.2, 0) is 135 Å². The Morgan fingerprint density at radius 1 is 0.481 bits per heavy atom. The molecule has 12 N–H and O–H groups in total. The van der Waals surface area contributed by atoms with Gasteiger partial charge in [-0.25, -0.2) is 38.1 Å². The second kappa shape index (κ2) is 126. The van der Waals surface area contributed by atoms with Gasteiger partial charge in [-0.05, 0) is 134 Å². The number of rotatable bonds is 32. The van der Waals surface area contributed by atoms with Crippen LogP contribution >= 0.6 is 15.4 Å². The zero-order valence-corrected chi connectivity index (χ0v) is 80.4. The highest BCUT2D eigenvalue weighted by Gasteiger charge is 2.17. The number of benzene rings is 1. The summed E-state index contributed by atoms with van der Waals surface area (Å²) in [6.07, 6.45) is 11.0. The zero-order chi connectivity index (χ0) is 108. The van der Waals surface area contributed by atoms with Gasteiger partial charge < -0.3 is 69.6 Å². The third-order valence-corrected chi connectivity index (χ3v) is 13.2. The lowest BCUT2D eigenvalue weighted by atomic mass is 10.1. The lowest BCUT2D eigenvalue weighted by Gasteiger charge is -2.34. The Bertz CT molecular complexity index is 3650. The normalized spacial score (nSPS) is 8.33. The number of allylic oxidation sites excluding steroid dienone is 1. The molecule has 1 aromatic rings. The van der Waals surface area contributed by atoms with Crippen LogP contribution in [0.3, 0.4) is 0 Å². The minimum atomic E-state index is -4.46. The van der Waals surface area contributed by atoms with Crippen LogP contribution in [0, 0.1) is 0 Å². The average Bonchev–Trinajstić information content (AvgIpc) is 0.884. The number of hydrogen-bond acceptors (Lipinski definition) is 30. The van der Waals surface area contributed by atoms with E-state index in [1.54, 1.807) is 25.7 Å². The summed E-state index contributed by atoms with van der Waals surface area (Å²) >= 11 is 0. The molecule has 1 aromatic carbocycles. The van der Waals surface area contributed by atoms with Gasteiger partial charge in [0.05, 0.1) is 52.4 Å². The van der Waals surface area contributed by atoms with Gasteiger partial charge in [-0.3, -0.25) is 23.5 Å². The third-order valence-electron chi connectivity index (χ3n) is 12.2. The number of carbonyl (C=O) groups excluding carboxylic acids is 14. The highest BCUT2D eigenvalue weighted by molar-refractivity contribution is 7.59. The minimum Gasteiger partial charge on any atom is -0.478 e. The average molecular weight is 1930 g/mol. The molecule has 0 bridgehead atoms. The largest absolute Gasteiger partial charge is 0.478 e. The van der Waals surface area contributed by atoms with Crippen LogP contribution in [0.15, 0.2) is 173 Å². The second-order valence-corrected chi connectivity index (χ2v) is 26.5. The summed E-state index contributed by atoms with van der Waals surface area (Å²) in [6, 6.07) is 10.0. The number of carboxylic acids is 6. The molecule has 740 valence electrons. The summed E-state index contributed by atoms with van der Waals surface area (Å²) in [6.45, 7) is 85.6. The summed E-state index contributed by atoms with van der Waals surface area (Å²) in [7, 11) is -14.6. The molecular weight excluding hydrogens is 1790 g/mol. The Kier molecular flexibility index (Phi) is 163. The van der Waals surface area contributed by atoms with Crippen molar-refractivity contribution in [3.05, 3.63) is 178 Å². The molecular formula is C82H137N3O40P2S2+2. The Labute approximate surface area is 759 Å². The van der Waals surface area contributed by atoms with E-state index in [9.17, 15) is 57.1 Å². The summed E-state index contributed by atoms with van der Waals surface area (Å²) in [4.78, 5) is 217. The fourth-order valence-electron chi connectivity index (χ4n) is 5.12. The van der Waals surface area contributed by atoms with Crippen molar-refractivity contribution in [2.45, 2.75) is 188 Å². The molecule has 1 amide bonds. The number of aliphatic carboxylic acids is 6. The third kappa shape index (κ3) is 230. The molecule has 0 atom stereocenters. The molecule has 1 rings (SSSR count). The van der Waals surface area contributed by atoms with Crippen molar-refractivity contribution < 1.29 is 199 Å². The molecule has 0 unspecified atom stereocenters. The number of hydrogen-bond donors (Lipinski definition) is 12. The van der Waals surface area contributed by atoms with Crippen LogP contribution in [0.25, 0.3) is 6.08 Å². The zero-order valence-electron chi connectivity index (χ0n) is 77.0. The van der Waals surface area contributed by atoms with Crippen molar-refractivity contribution in [3.63, 3.8) is 0 Å². The molecule has 0 aliphatic rings. The van der Waals surface area contributed by atoms with Gasteiger partial charge in [-0.2, -0.15) is 47.9 Å². The van der Waals surface area contributed by atoms with Gasteiger partial charge in [0.15, 0.2) is 0 Å². The molecule has 43 nitrogen and oxygen atoms in total. The number of esters is 1. The molecule has 0 saturated carbocycles. The number of nitrogens with zero attached hydrogens (tertiary/aromatic N) is 1. The monoisotopic (exact) mass is 1930 g/mol. The van der Waals surface area contributed by atoms with Gasteiger partial charge in [0.2, 0.25) is 5.91 Å². The molecule has 0 aliphatic carbocycles. The number of phosphoric ester groups is 1. The lowest BCUT2D eigenvalue weighted by Crippen LogP contribution is -3.11. The Morgan fingerprint density at radius 3 is 0.860 bits per heavy atom. The number of quaternary nitrogens is 2. The summed E-state index contributed by atoms with van der Waals surface area (Å²) < 4.78 is 80.2. The van der Waals surface area contributed by atoms with Crippen molar-refractivity contribution in [1.82, 2.24) is 5.32 Å². The van der Waals surface area contributed by atoms with Crippen LogP contribution < -0.4 is 10.2 Å². The molecule has 0 saturated heterocycles. The number of unbranched alkanes of at least 4 members (excludes halogenated alkanes) is 1. The first-order chi connectivity index (χ1) is 59.1. The highest BCUT2D eigenvalue weighted by atomic mass is 32.2. The van der Waals surface area contributed by atoms with Crippen molar-refractivity contribution in [2.75, 3.05) is 59.0 Å². The van der Waals surface area contributed by atoms with Gasteiger partial charge in [0.25, 0.3) is 0 Å². The summed E-state index contributed by atoms with van der Waals surface area (Å²) in [5.41, 5.74) is 2.14. The summed E-state index contributed by atoms with van der Waals surface area (Å²) in [5, 5.41) is 51.4. The number of ether oxygens (including phenoxy) is 1. The van der Waals surface area contributed by atoms with Gasteiger partial charge >= 0.3 is 109 Å². The Morgan fingerprint density at radius 2 is 0.744 bits per heavy atom. The number of carbonyl (C=O) groups is 10. The molecule has 0 heterocycles. The standard InChI is InChI=1S/C9H14O3.C8H20N.C8H8.C7H13NO.C6H15N.C6H11O6P.C6H8O3.3C5H8O2.C4H6O2.C4H8.C2H5O3P.C2H4.5CO2.2O3S/c1-3-4-5-8(10)6-7(2)9(11)12;1-5-9(6-2,7-3)8-4;1-2-8-6-4-3-5-7-8;1-5-6(9)8-7(2,3)4;1-4-7(5-2)6-3;1-5(2)6(7)11-3-4-12-13(8,9)10;1-4(6(8)9)3-5(2)7;3*1-3-4(2)5(6)7;1-3(2)4(5)6;1-3-4-2;1-2-6(3,4)5;1-2;5*2-1-3;2*1-4(2)3/h2-6H2,1H3,(H,11,12);5-8H2,1-4H3;2-7H,1H2;5H,1H2,2-4H3,(H,8,9);4-6H2,1-3H3;1,3-4H2,2H3,(H2,8,9,10);1,3H2,2H3,(H,8,9);3*2-3H2,1H3,(H,6,7);1H2,2H3,(H,5,6);3H,1,4H2,2H3;2H,1H2,(H2,3,4,5);1-2H2;;;;;;;/q;+1;;;;;;;;;;;;;;;;;;;/p+1. The van der Waals surface area contributed by atoms with Crippen molar-refractivity contribution >= 4 is 133 Å². The van der Waals surface area contributed by atoms with E-state index < -0.39 is 78.4 Å². The van der Waals surface area contributed by atoms with E-state index in [2.05, 4.69) is 155 Å². The minimum absolute atomic E-state index is 0.0175. The van der Waals surface area contributed by atoms with Gasteiger partial charge in [-0.1, -0.05) is 149 Å². The van der Waals surface area contributed by atoms with E-state index >= 15 is 0 Å².